The molecule has 2 aromatic carbocycles. The Morgan fingerprint density at radius 1 is 1.24 bits per heavy atom. The van der Waals surface area contributed by atoms with E-state index in [1.165, 1.54) is 30.5 Å². The SMILES string of the molecule is CNC(=O)c1ccc(CN(CCOc2cccc(F)c2)C2CC2)cc1. The smallest absolute Gasteiger partial charge is 0.251 e. The van der Waals surface area contributed by atoms with Crippen molar-refractivity contribution in [2.24, 2.45) is 0 Å². The summed E-state index contributed by atoms with van der Waals surface area (Å²) in [5, 5.41) is 2.62. The third kappa shape index (κ3) is 5.03. The molecule has 1 aliphatic rings. The van der Waals surface area contributed by atoms with Gasteiger partial charge in [0.2, 0.25) is 0 Å². The fourth-order valence-electron chi connectivity index (χ4n) is 2.81. The highest BCUT2D eigenvalue weighted by Crippen LogP contribution is 2.28. The number of hydrogen-bond acceptors (Lipinski definition) is 3. The van der Waals surface area contributed by atoms with Gasteiger partial charge in [0.15, 0.2) is 0 Å². The molecule has 132 valence electrons. The van der Waals surface area contributed by atoms with Gasteiger partial charge in [-0.3, -0.25) is 9.69 Å². The van der Waals surface area contributed by atoms with Crippen LogP contribution in [0.1, 0.15) is 28.8 Å². The summed E-state index contributed by atoms with van der Waals surface area (Å²) in [4.78, 5) is 14.0. The van der Waals surface area contributed by atoms with E-state index in [1.54, 1.807) is 19.2 Å². The lowest BCUT2D eigenvalue weighted by molar-refractivity contribution is 0.0963. The lowest BCUT2D eigenvalue weighted by Crippen LogP contribution is -2.30. The summed E-state index contributed by atoms with van der Waals surface area (Å²) in [6.45, 7) is 2.14. The minimum atomic E-state index is -0.284. The predicted octanol–water partition coefficient (Wildman–Crippen LogP) is 3.23. The Balaban J connectivity index is 1.54. The maximum Gasteiger partial charge on any atom is 0.251 e. The van der Waals surface area contributed by atoms with E-state index in [1.807, 2.05) is 24.3 Å². The van der Waals surface area contributed by atoms with E-state index in [2.05, 4.69) is 10.2 Å². The number of carbonyl (C=O) groups excluding carboxylic acids is 1. The summed E-state index contributed by atoms with van der Waals surface area (Å²) >= 11 is 0. The first-order valence-electron chi connectivity index (χ1n) is 8.59. The molecule has 0 saturated heterocycles. The number of amides is 1. The largest absolute Gasteiger partial charge is 0.492 e. The molecule has 1 amide bonds. The van der Waals surface area contributed by atoms with Crippen molar-refractivity contribution in [2.45, 2.75) is 25.4 Å². The molecule has 3 rings (SSSR count). The molecule has 1 N–H and O–H groups in total. The van der Waals surface area contributed by atoms with E-state index in [4.69, 9.17) is 4.74 Å². The molecule has 5 heteroatoms. The highest BCUT2D eigenvalue weighted by molar-refractivity contribution is 5.93. The predicted molar refractivity (Wildman–Crippen MR) is 95.2 cm³/mol. The van der Waals surface area contributed by atoms with Gasteiger partial charge in [-0.05, 0) is 42.7 Å². The molecule has 0 radical (unpaired) electrons. The molecule has 0 bridgehead atoms. The average molecular weight is 342 g/mol. The van der Waals surface area contributed by atoms with Gasteiger partial charge in [-0.25, -0.2) is 4.39 Å². The van der Waals surface area contributed by atoms with Crippen LogP contribution in [0.25, 0.3) is 0 Å². The molecule has 25 heavy (non-hydrogen) atoms. The summed E-state index contributed by atoms with van der Waals surface area (Å²) in [6, 6.07) is 14.5. The Hall–Kier alpha value is -2.40. The zero-order chi connectivity index (χ0) is 17.6. The van der Waals surface area contributed by atoms with Crippen LogP contribution in [0, 0.1) is 5.82 Å². The van der Waals surface area contributed by atoms with Crippen molar-refractivity contribution in [3.05, 3.63) is 65.5 Å². The van der Waals surface area contributed by atoms with E-state index in [9.17, 15) is 9.18 Å². The number of nitrogens with one attached hydrogen (secondary N) is 1. The summed E-state index contributed by atoms with van der Waals surface area (Å²) < 4.78 is 18.8. The summed E-state index contributed by atoms with van der Waals surface area (Å²) in [5.74, 6) is 0.201. The van der Waals surface area contributed by atoms with Gasteiger partial charge in [0.05, 0.1) is 0 Å². The summed E-state index contributed by atoms with van der Waals surface area (Å²) in [7, 11) is 1.63. The molecular formula is C20H23FN2O2. The quantitative estimate of drug-likeness (QED) is 0.801. The first kappa shape index (κ1) is 17.4. The van der Waals surface area contributed by atoms with E-state index >= 15 is 0 Å². The number of ether oxygens (including phenoxy) is 1. The minimum absolute atomic E-state index is 0.0749. The van der Waals surface area contributed by atoms with Gasteiger partial charge in [-0.2, -0.15) is 0 Å². The Bertz CT molecular complexity index is 714. The van der Waals surface area contributed by atoms with Crippen molar-refractivity contribution >= 4 is 5.91 Å². The molecular weight excluding hydrogens is 319 g/mol. The number of halogens is 1. The molecule has 0 atom stereocenters. The molecule has 0 aliphatic heterocycles. The minimum Gasteiger partial charge on any atom is -0.492 e. The Labute approximate surface area is 147 Å². The van der Waals surface area contributed by atoms with Gasteiger partial charge in [-0.15, -0.1) is 0 Å². The summed E-state index contributed by atoms with van der Waals surface area (Å²) in [5.41, 5.74) is 1.84. The van der Waals surface area contributed by atoms with Crippen molar-refractivity contribution in [1.29, 1.82) is 0 Å². The number of rotatable bonds is 8. The van der Waals surface area contributed by atoms with Gasteiger partial charge in [0.1, 0.15) is 18.2 Å². The molecule has 0 heterocycles. The maximum atomic E-state index is 13.2. The lowest BCUT2D eigenvalue weighted by atomic mass is 10.1. The second-order valence-corrected chi connectivity index (χ2v) is 6.28. The number of nitrogens with zero attached hydrogens (tertiary/aromatic N) is 1. The van der Waals surface area contributed by atoms with E-state index < -0.39 is 0 Å². The average Bonchev–Trinajstić information content (AvgIpc) is 3.46. The molecule has 0 aromatic heterocycles. The topological polar surface area (TPSA) is 41.6 Å². The van der Waals surface area contributed by atoms with Crippen LogP contribution in [0.4, 0.5) is 4.39 Å². The van der Waals surface area contributed by atoms with Gasteiger partial charge in [0, 0.05) is 37.8 Å². The second-order valence-electron chi connectivity index (χ2n) is 6.28. The first-order valence-corrected chi connectivity index (χ1v) is 8.59. The molecule has 2 aromatic rings. The molecule has 0 spiro atoms. The van der Waals surface area contributed by atoms with Gasteiger partial charge in [-0.1, -0.05) is 18.2 Å². The van der Waals surface area contributed by atoms with Crippen molar-refractivity contribution < 1.29 is 13.9 Å². The van der Waals surface area contributed by atoms with Crippen LogP contribution in [0.5, 0.6) is 5.75 Å². The van der Waals surface area contributed by atoms with Gasteiger partial charge >= 0.3 is 0 Å². The van der Waals surface area contributed by atoms with Gasteiger partial charge < -0.3 is 10.1 Å². The van der Waals surface area contributed by atoms with E-state index in [-0.39, 0.29) is 11.7 Å². The lowest BCUT2D eigenvalue weighted by Gasteiger charge is -2.22. The van der Waals surface area contributed by atoms with Gasteiger partial charge in [0.25, 0.3) is 5.91 Å². The molecule has 1 saturated carbocycles. The van der Waals surface area contributed by atoms with E-state index in [0.717, 1.165) is 13.1 Å². The van der Waals surface area contributed by atoms with Crippen molar-refractivity contribution in [2.75, 3.05) is 20.2 Å². The molecule has 0 unspecified atom stereocenters. The number of benzene rings is 2. The Morgan fingerprint density at radius 2 is 2.00 bits per heavy atom. The zero-order valence-electron chi connectivity index (χ0n) is 14.4. The highest BCUT2D eigenvalue weighted by atomic mass is 19.1. The zero-order valence-corrected chi connectivity index (χ0v) is 14.4. The number of carbonyl (C=O) groups is 1. The molecule has 4 nitrogen and oxygen atoms in total. The second kappa shape index (κ2) is 8.12. The van der Waals surface area contributed by atoms with Crippen LogP contribution in [0.2, 0.25) is 0 Å². The normalized spacial score (nSPS) is 13.7. The third-order valence-electron chi connectivity index (χ3n) is 4.34. The highest BCUT2D eigenvalue weighted by Gasteiger charge is 2.28. The first-order chi connectivity index (χ1) is 12.2. The van der Waals surface area contributed by atoms with Crippen LogP contribution >= 0.6 is 0 Å². The molecule has 1 fully saturated rings. The Kier molecular flexibility index (Phi) is 5.66. The third-order valence-corrected chi connectivity index (χ3v) is 4.34. The standard InChI is InChI=1S/C20H23FN2O2/c1-22-20(24)16-7-5-15(6-8-16)14-23(18-9-10-18)11-12-25-19-4-2-3-17(21)13-19/h2-8,13,18H,9-12,14H2,1H3,(H,22,24). The number of hydrogen-bond donors (Lipinski definition) is 1. The van der Waals surface area contributed by atoms with Crippen LogP contribution in [0.15, 0.2) is 48.5 Å². The van der Waals surface area contributed by atoms with Crippen LogP contribution in [-0.2, 0) is 6.54 Å². The van der Waals surface area contributed by atoms with E-state index in [0.29, 0.717) is 24.0 Å². The monoisotopic (exact) mass is 342 g/mol. The van der Waals surface area contributed by atoms with Crippen molar-refractivity contribution in [1.82, 2.24) is 10.2 Å². The fourth-order valence-corrected chi connectivity index (χ4v) is 2.81. The molecule has 1 aliphatic carbocycles. The van der Waals surface area contributed by atoms with Crippen molar-refractivity contribution in [3.8, 4) is 5.75 Å². The van der Waals surface area contributed by atoms with Crippen molar-refractivity contribution in [3.63, 3.8) is 0 Å². The Morgan fingerprint density at radius 3 is 2.64 bits per heavy atom. The van der Waals surface area contributed by atoms with Crippen LogP contribution in [0.3, 0.4) is 0 Å². The van der Waals surface area contributed by atoms with Crippen LogP contribution < -0.4 is 10.1 Å². The maximum absolute atomic E-state index is 13.2. The van der Waals surface area contributed by atoms with Crippen LogP contribution in [-0.4, -0.2) is 37.0 Å². The fraction of sp³-hybridized carbons (Fsp3) is 0.350. The summed E-state index contributed by atoms with van der Waals surface area (Å²) in [6.07, 6.45) is 2.41.